The minimum absolute atomic E-state index is 0.128. The van der Waals surface area contributed by atoms with Gasteiger partial charge in [-0.2, -0.15) is 5.26 Å². The molecule has 3 aromatic rings. The Morgan fingerprint density at radius 2 is 1.97 bits per heavy atom. The van der Waals surface area contributed by atoms with E-state index in [4.69, 9.17) is 19.0 Å². The number of aromatic nitrogens is 3. The van der Waals surface area contributed by atoms with Crippen LogP contribution in [0.1, 0.15) is 70.5 Å². The Hall–Kier alpha value is -2.93. The highest BCUT2D eigenvalue weighted by Gasteiger charge is 2.40. The zero-order valence-electron chi connectivity index (χ0n) is 23.2. The van der Waals surface area contributed by atoms with E-state index in [2.05, 4.69) is 60.6 Å². The molecule has 208 valence electrons. The molecular formula is C28H37N6O4P. The van der Waals surface area contributed by atoms with Crippen LogP contribution in [0.15, 0.2) is 48.9 Å². The van der Waals surface area contributed by atoms with Crippen LogP contribution in [0.5, 0.6) is 0 Å². The lowest BCUT2D eigenvalue weighted by atomic mass is 10.1. The van der Waals surface area contributed by atoms with E-state index in [0.717, 1.165) is 11.8 Å². The van der Waals surface area contributed by atoms with Crippen LogP contribution in [0, 0.1) is 11.3 Å². The lowest BCUT2D eigenvalue weighted by Crippen LogP contribution is -2.35. The summed E-state index contributed by atoms with van der Waals surface area (Å²) in [6.07, 6.45) is 4.45. The maximum Gasteiger partial charge on any atom is 0.259 e. The van der Waals surface area contributed by atoms with Gasteiger partial charge in [-0.05, 0) is 52.3 Å². The number of hydrogen-bond donors (Lipinski definition) is 1. The van der Waals surface area contributed by atoms with Gasteiger partial charge in [0, 0.05) is 30.3 Å². The lowest BCUT2D eigenvalue weighted by Gasteiger charge is -2.37. The number of benzene rings is 1. The number of carbonyl (C=O) groups is 1. The predicted octanol–water partition coefficient (Wildman–Crippen LogP) is 6.04. The molecule has 0 saturated carbocycles. The molecule has 1 N–H and O–H groups in total. The normalized spacial score (nSPS) is 20.1. The van der Waals surface area contributed by atoms with Gasteiger partial charge in [-0.25, -0.2) is 14.6 Å². The first-order chi connectivity index (χ1) is 18.8. The highest BCUT2D eigenvalue weighted by molar-refractivity contribution is 7.44. The fourth-order valence-corrected chi connectivity index (χ4v) is 6.59. The quantitative estimate of drug-likeness (QED) is 0.214. The summed E-state index contributed by atoms with van der Waals surface area (Å²) in [4.78, 5) is 21.6. The summed E-state index contributed by atoms with van der Waals surface area (Å²) in [7, 11) is -1.39. The van der Waals surface area contributed by atoms with Gasteiger partial charge < -0.3 is 23.7 Å². The van der Waals surface area contributed by atoms with Gasteiger partial charge in [0.2, 0.25) is 0 Å². The molecule has 2 aromatic heterocycles. The van der Waals surface area contributed by atoms with E-state index in [1.807, 2.05) is 35.0 Å². The van der Waals surface area contributed by atoms with Gasteiger partial charge in [-0.3, -0.25) is 4.79 Å². The molecule has 0 aliphatic carbocycles. The summed E-state index contributed by atoms with van der Waals surface area (Å²) in [5.74, 6) is 0.217. The number of nitriles is 1. The van der Waals surface area contributed by atoms with E-state index in [1.165, 1.54) is 6.33 Å². The van der Waals surface area contributed by atoms with Gasteiger partial charge >= 0.3 is 0 Å². The second kappa shape index (κ2) is 13.4. The summed E-state index contributed by atoms with van der Waals surface area (Å²) in [5.41, 5.74) is 1.23. The third kappa shape index (κ3) is 6.81. The summed E-state index contributed by atoms with van der Waals surface area (Å²) in [6.45, 7) is 10.9. The molecule has 1 aliphatic rings. The molecule has 1 aliphatic heterocycles. The highest BCUT2D eigenvalue weighted by Crippen LogP contribution is 2.50. The number of anilines is 1. The highest BCUT2D eigenvalue weighted by atomic mass is 31.2. The van der Waals surface area contributed by atoms with E-state index < -0.39 is 8.53 Å². The Balaban J connectivity index is 1.54. The number of hydrogen-bond acceptors (Lipinski definition) is 8. The molecule has 1 fully saturated rings. The van der Waals surface area contributed by atoms with Crippen molar-refractivity contribution in [3.05, 3.63) is 54.5 Å². The molecule has 0 radical (unpaired) electrons. The topological polar surface area (TPSA) is 115 Å². The molecule has 1 amide bonds. The molecule has 1 saturated heterocycles. The maximum atomic E-state index is 12.7. The molecule has 4 atom stereocenters. The van der Waals surface area contributed by atoms with Crippen LogP contribution in [-0.2, 0) is 13.8 Å². The number of ether oxygens (including phenoxy) is 1. The van der Waals surface area contributed by atoms with Gasteiger partial charge in [0.05, 0.1) is 36.7 Å². The van der Waals surface area contributed by atoms with Crippen molar-refractivity contribution in [2.24, 2.45) is 0 Å². The van der Waals surface area contributed by atoms with E-state index in [0.29, 0.717) is 36.5 Å². The van der Waals surface area contributed by atoms with Crippen molar-refractivity contribution >= 4 is 31.3 Å². The minimum Gasteiger partial charge on any atom is -0.352 e. The van der Waals surface area contributed by atoms with Crippen molar-refractivity contribution < 1.29 is 18.6 Å². The molecule has 10 nitrogen and oxygen atoms in total. The number of fused-ring (bicyclic) bond motifs is 1. The van der Waals surface area contributed by atoms with Crippen LogP contribution >= 0.6 is 8.53 Å². The predicted molar refractivity (Wildman–Crippen MR) is 151 cm³/mol. The smallest absolute Gasteiger partial charge is 0.259 e. The van der Waals surface area contributed by atoms with Gasteiger partial charge in [0.15, 0.2) is 0 Å². The van der Waals surface area contributed by atoms with Crippen LogP contribution in [-0.4, -0.2) is 56.0 Å². The van der Waals surface area contributed by atoms with Crippen LogP contribution in [0.2, 0.25) is 0 Å². The van der Waals surface area contributed by atoms with E-state index >= 15 is 0 Å². The average molecular weight is 553 g/mol. The van der Waals surface area contributed by atoms with Crippen LogP contribution in [0.25, 0.3) is 11.0 Å². The molecule has 4 rings (SSSR count). The van der Waals surface area contributed by atoms with Gasteiger partial charge in [0.1, 0.15) is 24.0 Å². The second-order valence-electron chi connectivity index (χ2n) is 9.97. The molecular weight excluding hydrogens is 515 g/mol. The minimum atomic E-state index is -1.39. The monoisotopic (exact) mass is 552 g/mol. The summed E-state index contributed by atoms with van der Waals surface area (Å²) in [5, 5.41) is 12.7. The van der Waals surface area contributed by atoms with Crippen molar-refractivity contribution in [2.45, 2.75) is 84.4 Å². The first-order valence-electron chi connectivity index (χ1n) is 13.4. The summed E-state index contributed by atoms with van der Waals surface area (Å²) in [6, 6.07) is 13.5. The third-order valence-electron chi connectivity index (χ3n) is 6.56. The molecule has 2 unspecified atom stereocenters. The number of amides is 1. The van der Waals surface area contributed by atoms with Crippen molar-refractivity contribution in [2.75, 3.05) is 11.9 Å². The fraction of sp³-hybridized carbons (Fsp3) is 0.500. The Bertz CT molecular complexity index is 1270. The molecule has 11 heteroatoms. The second-order valence-corrected chi connectivity index (χ2v) is 11.4. The zero-order chi connectivity index (χ0) is 27.9. The van der Waals surface area contributed by atoms with Crippen molar-refractivity contribution in [1.82, 2.24) is 19.2 Å². The first kappa shape index (κ1) is 29.1. The van der Waals surface area contributed by atoms with Gasteiger partial charge in [0.25, 0.3) is 14.4 Å². The van der Waals surface area contributed by atoms with Gasteiger partial charge in [-0.1, -0.05) is 25.1 Å². The van der Waals surface area contributed by atoms with Gasteiger partial charge in [-0.15, -0.1) is 0 Å². The average Bonchev–Trinajstić information content (AvgIpc) is 3.53. The van der Waals surface area contributed by atoms with Crippen molar-refractivity contribution in [3.63, 3.8) is 0 Å². The number of nitrogens with zero attached hydrogens (tertiary/aromatic N) is 5. The van der Waals surface area contributed by atoms with E-state index in [9.17, 15) is 4.79 Å². The van der Waals surface area contributed by atoms with Crippen LogP contribution < -0.4 is 5.32 Å². The van der Waals surface area contributed by atoms with E-state index in [1.54, 1.807) is 12.1 Å². The van der Waals surface area contributed by atoms with Crippen LogP contribution in [0.3, 0.4) is 0 Å². The Morgan fingerprint density at radius 3 is 2.64 bits per heavy atom. The van der Waals surface area contributed by atoms with Crippen molar-refractivity contribution in [3.8, 4) is 6.07 Å². The Kier molecular flexibility index (Phi) is 10.0. The molecule has 3 heterocycles. The molecule has 1 aromatic carbocycles. The van der Waals surface area contributed by atoms with Crippen molar-refractivity contribution in [1.29, 1.82) is 5.26 Å². The number of nitrogens with one attached hydrogen (secondary N) is 1. The maximum absolute atomic E-state index is 12.7. The first-order valence-corrected chi connectivity index (χ1v) is 14.5. The number of carbonyl (C=O) groups excluding carboxylic acids is 1. The molecule has 0 spiro atoms. The molecule has 39 heavy (non-hydrogen) atoms. The van der Waals surface area contributed by atoms with E-state index in [-0.39, 0.29) is 36.4 Å². The third-order valence-corrected chi connectivity index (χ3v) is 8.71. The zero-order valence-corrected chi connectivity index (χ0v) is 24.0. The number of rotatable bonds is 12. The Labute approximate surface area is 231 Å². The summed E-state index contributed by atoms with van der Waals surface area (Å²) >= 11 is 0. The Morgan fingerprint density at radius 1 is 1.23 bits per heavy atom. The fourth-order valence-electron chi connectivity index (χ4n) is 4.83. The largest absolute Gasteiger partial charge is 0.352 e. The SMILES string of the molecule is CC[C@H]1O[C@@H](n2ccc3c(NC(=O)c4ccccc4)ncnc32)CC1OP(OCCC#N)N(C(C)C)C(C)C. The molecule has 0 bridgehead atoms. The van der Waals surface area contributed by atoms with Crippen LogP contribution in [0.4, 0.5) is 5.82 Å². The lowest BCUT2D eigenvalue weighted by molar-refractivity contribution is -0.0164. The standard InChI is InChI=1S/C28H37N6O4P/c1-6-23-24(38-39(36-16-10-14-29)34(19(2)3)20(4)5)17-25(37-23)33-15-13-22-26(30-18-31-27(22)33)32-28(35)21-11-8-7-9-12-21/h7-9,11-13,15,18-20,23-25H,6,10,16-17H2,1-5H3,(H,30,31,32,35)/t23-,24?,25-,39?/m1/s1. The summed E-state index contributed by atoms with van der Waals surface area (Å²) < 4.78 is 23.4.